The van der Waals surface area contributed by atoms with E-state index in [4.69, 9.17) is 0 Å². The molecule has 1 saturated carbocycles. The van der Waals surface area contributed by atoms with Crippen LogP contribution in [0.3, 0.4) is 0 Å². The van der Waals surface area contributed by atoms with Crippen LogP contribution in [0.4, 0.5) is 5.82 Å². The molecule has 1 aromatic heterocycles. The molecule has 2 N–H and O–H groups in total. The number of amides is 1. The molecule has 110 valence electrons. The number of carbonyl (C=O) groups excluding carboxylic acids is 1. The van der Waals surface area contributed by atoms with Crippen molar-refractivity contribution in [3.8, 4) is 0 Å². The number of hydrogen-bond acceptors (Lipinski definition) is 4. The molecule has 0 bridgehead atoms. The standard InChI is InChI=1S/C15H24N4O/c1-3-17-14-10-16-9-13(19-14)15(20)18-11(2)12-7-5-4-6-8-12/h9-12H,3-8H2,1-2H3,(H,17,19)(H,18,20). The van der Waals surface area contributed by atoms with Gasteiger partial charge in [0.25, 0.3) is 5.91 Å². The van der Waals surface area contributed by atoms with Gasteiger partial charge >= 0.3 is 0 Å². The smallest absolute Gasteiger partial charge is 0.271 e. The lowest BCUT2D eigenvalue weighted by molar-refractivity contribution is 0.0914. The van der Waals surface area contributed by atoms with Crippen LogP contribution in [0, 0.1) is 5.92 Å². The highest BCUT2D eigenvalue weighted by Gasteiger charge is 2.22. The largest absolute Gasteiger partial charge is 0.369 e. The van der Waals surface area contributed by atoms with Gasteiger partial charge in [-0.05, 0) is 32.6 Å². The quantitative estimate of drug-likeness (QED) is 0.867. The van der Waals surface area contributed by atoms with Crippen molar-refractivity contribution in [1.29, 1.82) is 0 Å². The number of anilines is 1. The number of nitrogens with zero attached hydrogens (tertiary/aromatic N) is 2. The van der Waals surface area contributed by atoms with E-state index in [1.54, 1.807) is 6.20 Å². The fourth-order valence-electron chi connectivity index (χ4n) is 2.77. The minimum absolute atomic E-state index is 0.129. The Morgan fingerprint density at radius 3 is 2.80 bits per heavy atom. The molecule has 1 unspecified atom stereocenters. The van der Waals surface area contributed by atoms with E-state index >= 15 is 0 Å². The van der Waals surface area contributed by atoms with Crippen LogP contribution in [-0.2, 0) is 0 Å². The molecule has 5 nitrogen and oxygen atoms in total. The maximum atomic E-state index is 12.2. The summed E-state index contributed by atoms with van der Waals surface area (Å²) in [5, 5.41) is 6.13. The second-order valence-corrected chi connectivity index (χ2v) is 5.48. The molecule has 1 atom stereocenters. The summed E-state index contributed by atoms with van der Waals surface area (Å²) in [5.41, 5.74) is 0.381. The Hall–Kier alpha value is -1.65. The number of rotatable bonds is 5. The average molecular weight is 276 g/mol. The van der Waals surface area contributed by atoms with Crippen molar-refractivity contribution in [2.24, 2.45) is 5.92 Å². The van der Waals surface area contributed by atoms with Crippen LogP contribution in [0.25, 0.3) is 0 Å². The van der Waals surface area contributed by atoms with Gasteiger partial charge in [-0.25, -0.2) is 4.98 Å². The van der Waals surface area contributed by atoms with Gasteiger partial charge < -0.3 is 10.6 Å². The molecular weight excluding hydrogens is 252 g/mol. The Bertz CT molecular complexity index is 443. The maximum Gasteiger partial charge on any atom is 0.271 e. The number of hydrogen-bond donors (Lipinski definition) is 2. The summed E-state index contributed by atoms with van der Waals surface area (Å²) in [6.07, 6.45) is 9.46. The summed E-state index contributed by atoms with van der Waals surface area (Å²) in [6, 6.07) is 0.201. The van der Waals surface area contributed by atoms with Gasteiger partial charge in [-0.2, -0.15) is 0 Å². The molecule has 0 saturated heterocycles. The molecule has 0 spiro atoms. The van der Waals surface area contributed by atoms with Crippen LogP contribution >= 0.6 is 0 Å². The fraction of sp³-hybridized carbons (Fsp3) is 0.667. The van der Waals surface area contributed by atoms with Crippen LogP contribution in [0.2, 0.25) is 0 Å². The molecule has 20 heavy (non-hydrogen) atoms. The monoisotopic (exact) mass is 276 g/mol. The Morgan fingerprint density at radius 1 is 1.35 bits per heavy atom. The Labute approximate surface area is 120 Å². The Morgan fingerprint density at radius 2 is 2.10 bits per heavy atom. The molecule has 0 aliphatic heterocycles. The van der Waals surface area contributed by atoms with Crippen LogP contribution in [-0.4, -0.2) is 28.5 Å². The maximum absolute atomic E-state index is 12.2. The summed E-state index contributed by atoms with van der Waals surface area (Å²) in [6.45, 7) is 4.84. The van der Waals surface area contributed by atoms with Crippen molar-refractivity contribution < 1.29 is 4.79 Å². The topological polar surface area (TPSA) is 66.9 Å². The second-order valence-electron chi connectivity index (χ2n) is 5.48. The highest BCUT2D eigenvalue weighted by Crippen LogP contribution is 2.26. The SMILES string of the molecule is CCNc1cncc(C(=O)NC(C)C2CCCCC2)n1. The third kappa shape index (κ3) is 3.92. The van der Waals surface area contributed by atoms with E-state index in [-0.39, 0.29) is 11.9 Å². The fourth-order valence-corrected chi connectivity index (χ4v) is 2.77. The third-order valence-electron chi connectivity index (χ3n) is 3.94. The lowest BCUT2D eigenvalue weighted by Gasteiger charge is -2.28. The van der Waals surface area contributed by atoms with Gasteiger partial charge in [0.2, 0.25) is 0 Å². The van der Waals surface area contributed by atoms with Crippen LogP contribution in [0.1, 0.15) is 56.4 Å². The normalized spacial score (nSPS) is 17.5. The van der Waals surface area contributed by atoms with Gasteiger partial charge in [0, 0.05) is 12.6 Å². The van der Waals surface area contributed by atoms with E-state index < -0.39 is 0 Å². The zero-order chi connectivity index (χ0) is 14.4. The van der Waals surface area contributed by atoms with Crippen LogP contribution < -0.4 is 10.6 Å². The van der Waals surface area contributed by atoms with Crippen molar-refractivity contribution >= 4 is 11.7 Å². The second kappa shape index (κ2) is 7.22. The minimum atomic E-state index is -0.129. The van der Waals surface area contributed by atoms with Crippen LogP contribution in [0.5, 0.6) is 0 Å². The number of carbonyl (C=O) groups is 1. The first-order chi connectivity index (χ1) is 9.70. The van der Waals surface area contributed by atoms with Crippen molar-refractivity contribution in [2.45, 2.75) is 52.0 Å². The van der Waals surface area contributed by atoms with E-state index in [1.165, 1.54) is 38.3 Å². The summed E-state index contributed by atoms with van der Waals surface area (Å²) in [7, 11) is 0. The first-order valence-corrected chi connectivity index (χ1v) is 7.57. The lowest BCUT2D eigenvalue weighted by atomic mass is 9.84. The number of aromatic nitrogens is 2. The van der Waals surface area contributed by atoms with Gasteiger partial charge in [0.05, 0.1) is 12.4 Å². The van der Waals surface area contributed by atoms with Gasteiger partial charge in [0.15, 0.2) is 0 Å². The first-order valence-electron chi connectivity index (χ1n) is 7.57. The molecule has 2 rings (SSSR count). The van der Waals surface area contributed by atoms with E-state index in [9.17, 15) is 4.79 Å². The van der Waals surface area contributed by atoms with Crippen molar-refractivity contribution in [3.63, 3.8) is 0 Å². The van der Waals surface area contributed by atoms with E-state index in [0.717, 1.165) is 6.54 Å². The molecule has 0 aromatic carbocycles. The summed E-state index contributed by atoms with van der Waals surface area (Å²) in [4.78, 5) is 20.5. The molecule has 0 radical (unpaired) electrons. The van der Waals surface area contributed by atoms with Gasteiger partial charge in [-0.1, -0.05) is 19.3 Å². The number of nitrogens with one attached hydrogen (secondary N) is 2. The zero-order valence-electron chi connectivity index (χ0n) is 12.4. The first kappa shape index (κ1) is 14.8. The highest BCUT2D eigenvalue weighted by atomic mass is 16.1. The van der Waals surface area contributed by atoms with Gasteiger partial charge in [-0.3, -0.25) is 9.78 Å². The minimum Gasteiger partial charge on any atom is -0.369 e. The van der Waals surface area contributed by atoms with Crippen molar-refractivity contribution in [3.05, 3.63) is 18.1 Å². The molecule has 1 aliphatic carbocycles. The lowest BCUT2D eigenvalue weighted by Crippen LogP contribution is -2.39. The Kier molecular flexibility index (Phi) is 5.32. The molecule has 1 aromatic rings. The molecule has 5 heteroatoms. The van der Waals surface area contributed by atoms with Gasteiger partial charge in [0.1, 0.15) is 11.5 Å². The summed E-state index contributed by atoms with van der Waals surface area (Å²) < 4.78 is 0. The van der Waals surface area contributed by atoms with E-state index in [0.29, 0.717) is 17.4 Å². The molecule has 1 aliphatic rings. The van der Waals surface area contributed by atoms with Crippen molar-refractivity contribution in [1.82, 2.24) is 15.3 Å². The van der Waals surface area contributed by atoms with Crippen molar-refractivity contribution in [2.75, 3.05) is 11.9 Å². The highest BCUT2D eigenvalue weighted by molar-refractivity contribution is 5.92. The van der Waals surface area contributed by atoms with Crippen LogP contribution in [0.15, 0.2) is 12.4 Å². The molecule has 1 heterocycles. The predicted molar refractivity (Wildman–Crippen MR) is 79.7 cm³/mol. The summed E-state index contributed by atoms with van der Waals surface area (Å²) >= 11 is 0. The molecule has 1 amide bonds. The third-order valence-corrected chi connectivity index (χ3v) is 3.94. The predicted octanol–water partition coefficient (Wildman–Crippen LogP) is 2.61. The molecular formula is C15H24N4O. The summed E-state index contributed by atoms with van der Waals surface area (Å²) in [5.74, 6) is 1.11. The average Bonchev–Trinajstić information content (AvgIpc) is 2.48. The van der Waals surface area contributed by atoms with Gasteiger partial charge in [-0.15, -0.1) is 0 Å². The Balaban J connectivity index is 1.94. The molecule has 1 fully saturated rings. The van der Waals surface area contributed by atoms with E-state index in [1.807, 2.05) is 6.92 Å². The zero-order valence-corrected chi connectivity index (χ0v) is 12.4. The van der Waals surface area contributed by atoms with E-state index in [2.05, 4.69) is 27.5 Å².